The van der Waals surface area contributed by atoms with Gasteiger partial charge in [0.05, 0.1) is 5.69 Å². The Labute approximate surface area is 101 Å². The minimum atomic E-state index is -0.160. The molecule has 5 nitrogen and oxygen atoms in total. The Morgan fingerprint density at radius 2 is 2.12 bits per heavy atom. The third kappa shape index (κ3) is 2.60. The van der Waals surface area contributed by atoms with Crippen molar-refractivity contribution in [3.8, 4) is 0 Å². The predicted molar refractivity (Wildman–Crippen MR) is 66.6 cm³/mol. The van der Waals surface area contributed by atoms with Crippen molar-refractivity contribution in [2.45, 2.75) is 44.6 Å². The molecule has 0 radical (unpaired) electrons. The minimum absolute atomic E-state index is 0.0979. The monoisotopic (exact) mass is 236 g/mol. The molecular formula is C12H20N4O. The van der Waals surface area contributed by atoms with E-state index in [9.17, 15) is 4.79 Å². The molecule has 3 N–H and O–H groups in total. The zero-order valence-electron chi connectivity index (χ0n) is 10.5. The molecule has 1 heterocycles. The van der Waals surface area contributed by atoms with Gasteiger partial charge in [-0.15, -0.1) is 0 Å². The number of anilines is 1. The maximum absolute atomic E-state index is 12.1. The maximum Gasteiger partial charge on any atom is 0.274 e. The summed E-state index contributed by atoms with van der Waals surface area (Å²) in [6.45, 7) is 2.10. The molecule has 1 aromatic heterocycles. The van der Waals surface area contributed by atoms with Crippen molar-refractivity contribution in [2.24, 2.45) is 7.05 Å². The van der Waals surface area contributed by atoms with E-state index >= 15 is 0 Å². The van der Waals surface area contributed by atoms with Crippen LogP contribution in [0, 0.1) is 0 Å². The van der Waals surface area contributed by atoms with E-state index in [0.29, 0.717) is 11.4 Å². The third-order valence-electron chi connectivity index (χ3n) is 3.44. The number of carbonyl (C=O) groups excluding carboxylic acids is 1. The fourth-order valence-electron chi connectivity index (χ4n) is 2.47. The Morgan fingerprint density at radius 1 is 1.47 bits per heavy atom. The summed E-state index contributed by atoms with van der Waals surface area (Å²) in [6, 6.07) is 0. The van der Waals surface area contributed by atoms with Gasteiger partial charge in [-0.1, -0.05) is 19.3 Å². The van der Waals surface area contributed by atoms with Crippen LogP contribution in [0.1, 0.15) is 49.5 Å². The van der Waals surface area contributed by atoms with E-state index in [1.807, 2.05) is 0 Å². The van der Waals surface area contributed by atoms with Gasteiger partial charge in [-0.2, -0.15) is 5.10 Å². The zero-order chi connectivity index (χ0) is 12.5. The smallest absolute Gasteiger partial charge is 0.274 e. The van der Waals surface area contributed by atoms with Gasteiger partial charge in [0.15, 0.2) is 5.69 Å². The Balaban J connectivity index is 2.08. The van der Waals surface area contributed by atoms with Gasteiger partial charge in [0.25, 0.3) is 5.91 Å². The van der Waals surface area contributed by atoms with Gasteiger partial charge < -0.3 is 11.1 Å². The molecule has 1 aliphatic carbocycles. The summed E-state index contributed by atoms with van der Waals surface area (Å²) in [5.74, 6) is -0.160. The van der Waals surface area contributed by atoms with Crippen molar-refractivity contribution in [2.75, 3.05) is 5.73 Å². The summed E-state index contributed by atoms with van der Waals surface area (Å²) >= 11 is 0. The first-order valence-corrected chi connectivity index (χ1v) is 6.12. The van der Waals surface area contributed by atoms with E-state index in [1.54, 1.807) is 17.9 Å². The van der Waals surface area contributed by atoms with E-state index in [-0.39, 0.29) is 11.4 Å². The zero-order valence-corrected chi connectivity index (χ0v) is 10.5. The number of hydrogen-bond acceptors (Lipinski definition) is 3. The molecule has 0 aromatic carbocycles. The quantitative estimate of drug-likeness (QED) is 0.816. The van der Waals surface area contributed by atoms with Crippen LogP contribution in [0.5, 0.6) is 0 Å². The van der Waals surface area contributed by atoms with E-state index < -0.39 is 0 Å². The first-order valence-electron chi connectivity index (χ1n) is 6.12. The lowest BCUT2D eigenvalue weighted by Crippen LogP contribution is -2.47. The largest absolute Gasteiger partial charge is 0.396 e. The molecular weight excluding hydrogens is 216 g/mol. The van der Waals surface area contributed by atoms with Gasteiger partial charge in [-0.25, -0.2) is 0 Å². The van der Waals surface area contributed by atoms with Crippen LogP contribution in [0.3, 0.4) is 0 Å². The minimum Gasteiger partial charge on any atom is -0.396 e. The van der Waals surface area contributed by atoms with Gasteiger partial charge in [-0.3, -0.25) is 9.48 Å². The first kappa shape index (κ1) is 12.0. The Morgan fingerprint density at radius 3 is 2.65 bits per heavy atom. The molecule has 1 amide bonds. The second-order valence-corrected chi connectivity index (χ2v) is 5.18. The second kappa shape index (κ2) is 4.39. The van der Waals surface area contributed by atoms with Crippen LogP contribution < -0.4 is 11.1 Å². The van der Waals surface area contributed by atoms with Gasteiger partial charge in [0, 0.05) is 18.8 Å². The SMILES string of the molecule is Cn1cc(N)c(C(=O)NC2(C)CCCCC2)n1. The first-order chi connectivity index (χ1) is 8.00. The Hall–Kier alpha value is -1.52. The van der Waals surface area contributed by atoms with Crippen LogP contribution in [-0.2, 0) is 7.05 Å². The summed E-state index contributed by atoms with van der Waals surface area (Å²) in [6.07, 6.45) is 7.33. The van der Waals surface area contributed by atoms with Gasteiger partial charge in [0.1, 0.15) is 0 Å². The molecule has 1 aliphatic rings. The average molecular weight is 236 g/mol. The fourth-order valence-corrected chi connectivity index (χ4v) is 2.47. The second-order valence-electron chi connectivity index (χ2n) is 5.18. The van der Waals surface area contributed by atoms with Crippen LogP contribution in [0.2, 0.25) is 0 Å². The number of rotatable bonds is 2. The van der Waals surface area contributed by atoms with Crippen molar-refractivity contribution < 1.29 is 4.79 Å². The number of nitrogens with one attached hydrogen (secondary N) is 1. The lowest BCUT2D eigenvalue weighted by atomic mass is 9.83. The number of carbonyl (C=O) groups is 1. The highest BCUT2D eigenvalue weighted by molar-refractivity contribution is 5.97. The molecule has 1 aromatic rings. The molecule has 1 saturated carbocycles. The summed E-state index contributed by atoms with van der Waals surface area (Å²) < 4.78 is 1.56. The van der Waals surface area contributed by atoms with E-state index in [2.05, 4.69) is 17.3 Å². The van der Waals surface area contributed by atoms with Crippen LogP contribution in [0.15, 0.2) is 6.20 Å². The van der Waals surface area contributed by atoms with Gasteiger partial charge in [-0.05, 0) is 19.8 Å². The highest BCUT2D eigenvalue weighted by atomic mass is 16.2. The molecule has 0 spiro atoms. The summed E-state index contributed by atoms with van der Waals surface area (Å²) in [4.78, 5) is 12.1. The van der Waals surface area contributed by atoms with E-state index in [4.69, 9.17) is 5.73 Å². The lowest BCUT2D eigenvalue weighted by Gasteiger charge is -2.34. The fraction of sp³-hybridized carbons (Fsp3) is 0.667. The van der Waals surface area contributed by atoms with Crippen LogP contribution in [0.4, 0.5) is 5.69 Å². The molecule has 1 fully saturated rings. The lowest BCUT2D eigenvalue weighted by molar-refractivity contribution is 0.0877. The molecule has 0 saturated heterocycles. The molecule has 5 heteroatoms. The van der Waals surface area contributed by atoms with Crippen molar-refractivity contribution in [1.82, 2.24) is 15.1 Å². The molecule has 0 unspecified atom stereocenters. The third-order valence-corrected chi connectivity index (χ3v) is 3.44. The molecule has 94 valence electrons. The number of nitrogens with two attached hydrogens (primary N) is 1. The molecule has 17 heavy (non-hydrogen) atoms. The average Bonchev–Trinajstić information content (AvgIpc) is 2.58. The van der Waals surface area contributed by atoms with Crippen LogP contribution in [-0.4, -0.2) is 21.2 Å². The predicted octanol–water partition coefficient (Wildman–Crippen LogP) is 1.45. The summed E-state index contributed by atoms with van der Waals surface area (Å²) in [5.41, 5.74) is 6.42. The maximum atomic E-state index is 12.1. The topological polar surface area (TPSA) is 72.9 Å². The molecule has 0 aliphatic heterocycles. The van der Waals surface area contributed by atoms with Gasteiger partial charge >= 0.3 is 0 Å². The van der Waals surface area contributed by atoms with Crippen molar-refractivity contribution in [1.29, 1.82) is 0 Å². The highest BCUT2D eigenvalue weighted by Gasteiger charge is 2.29. The normalized spacial score (nSPS) is 18.9. The van der Waals surface area contributed by atoms with Crippen molar-refractivity contribution in [3.05, 3.63) is 11.9 Å². The van der Waals surface area contributed by atoms with Crippen LogP contribution >= 0.6 is 0 Å². The van der Waals surface area contributed by atoms with Gasteiger partial charge in [0.2, 0.25) is 0 Å². The summed E-state index contributed by atoms with van der Waals surface area (Å²) in [5, 5.41) is 7.16. The number of nitrogens with zero attached hydrogens (tertiary/aromatic N) is 2. The van der Waals surface area contributed by atoms with E-state index in [0.717, 1.165) is 12.8 Å². The highest BCUT2D eigenvalue weighted by Crippen LogP contribution is 2.28. The number of hydrogen-bond donors (Lipinski definition) is 2. The molecule has 0 bridgehead atoms. The number of aromatic nitrogens is 2. The Bertz CT molecular complexity index is 418. The van der Waals surface area contributed by atoms with E-state index in [1.165, 1.54) is 19.3 Å². The van der Waals surface area contributed by atoms with Crippen molar-refractivity contribution in [3.63, 3.8) is 0 Å². The van der Waals surface area contributed by atoms with Crippen LogP contribution in [0.25, 0.3) is 0 Å². The number of amides is 1. The Kier molecular flexibility index (Phi) is 3.09. The number of aryl methyl sites for hydroxylation is 1. The van der Waals surface area contributed by atoms with Crippen molar-refractivity contribution >= 4 is 11.6 Å². The number of nitrogen functional groups attached to an aromatic ring is 1. The summed E-state index contributed by atoms with van der Waals surface area (Å²) in [7, 11) is 1.76. The molecule has 2 rings (SSSR count). The standard InChI is InChI=1S/C12H20N4O/c1-12(6-4-3-5-7-12)14-11(17)10-9(13)8-16(2)15-10/h8H,3-7,13H2,1-2H3,(H,14,17). The molecule has 0 atom stereocenters.